The lowest BCUT2D eigenvalue weighted by Gasteiger charge is -2.15. The van der Waals surface area contributed by atoms with E-state index in [9.17, 15) is 9.59 Å². The summed E-state index contributed by atoms with van der Waals surface area (Å²) in [5.74, 6) is -0.0506. The molecule has 1 N–H and O–H groups in total. The maximum atomic E-state index is 11.9. The van der Waals surface area contributed by atoms with E-state index >= 15 is 0 Å². The number of ether oxygens (including phenoxy) is 1. The Hall–Kier alpha value is -1.62. The van der Waals surface area contributed by atoms with Crippen molar-refractivity contribution < 1.29 is 9.53 Å². The number of aromatic nitrogens is 1. The lowest BCUT2D eigenvalue weighted by molar-refractivity contribution is -0.122. The molecule has 5 heteroatoms. The topological polar surface area (TPSA) is 60.3 Å². The van der Waals surface area contributed by atoms with Crippen molar-refractivity contribution in [3.63, 3.8) is 0 Å². The van der Waals surface area contributed by atoms with Crippen molar-refractivity contribution in [2.24, 2.45) is 0 Å². The highest BCUT2D eigenvalue weighted by atomic mass is 16.5. The normalized spacial score (nSPS) is 18.5. The minimum absolute atomic E-state index is 0.0222. The first-order chi connectivity index (χ1) is 9.06. The van der Waals surface area contributed by atoms with Gasteiger partial charge < -0.3 is 14.6 Å². The summed E-state index contributed by atoms with van der Waals surface area (Å²) in [6.07, 6.45) is 2.23. The van der Waals surface area contributed by atoms with Crippen LogP contribution < -0.4 is 10.7 Å². The van der Waals surface area contributed by atoms with Gasteiger partial charge in [-0.3, -0.25) is 9.59 Å². The Kier molecular flexibility index (Phi) is 4.37. The van der Waals surface area contributed by atoms with Gasteiger partial charge in [0, 0.05) is 36.7 Å². The second-order valence-electron chi connectivity index (χ2n) is 5.00. The molecule has 0 saturated carbocycles. The Morgan fingerprint density at radius 3 is 2.68 bits per heavy atom. The number of nitrogens with one attached hydrogen (secondary N) is 1. The number of hydrogen-bond acceptors (Lipinski definition) is 3. The summed E-state index contributed by atoms with van der Waals surface area (Å²) in [5, 5.41) is 2.88. The molecular formula is C14H20N2O3. The van der Waals surface area contributed by atoms with Gasteiger partial charge in [0.1, 0.15) is 6.54 Å². The predicted octanol–water partition coefficient (Wildman–Crippen LogP) is 0.760. The van der Waals surface area contributed by atoms with Crippen molar-refractivity contribution in [3.8, 4) is 0 Å². The van der Waals surface area contributed by atoms with E-state index in [1.807, 2.05) is 18.4 Å². The van der Waals surface area contributed by atoms with E-state index in [-0.39, 0.29) is 24.0 Å². The number of amides is 1. The standard InChI is InChI=1S/C14H20N2O3/c1-10-6-12(17)7-11(2)16(10)9-14(18)15-8-13-4-3-5-19-13/h6-7,13H,3-5,8-9H2,1-2H3,(H,15,18). The van der Waals surface area contributed by atoms with Crippen LogP contribution in [-0.4, -0.2) is 29.7 Å². The Morgan fingerprint density at radius 1 is 1.42 bits per heavy atom. The monoisotopic (exact) mass is 264 g/mol. The fourth-order valence-electron chi connectivity index (χ4n) is 2.37. The third-order valence-corrected chi connectivity index (χ3v) is 3.41. The Balaban J connectivity index is 1.93. The summed E-state index contributed by atoms with van der Waals surface area (Å²) in [4.78, 5) is 23.2. The molecule has 1 saturated heterocycles. The van der Waals surface area contributed by atoms with E-state index in [2.05, 4.69) is 5.32 Å². The van der Waals surface area contributed by atoms with Crippen molar-refractivity contribution in [3.05, 3.63) is 33.7 Å². The van der Waals surface area contributed by atoms with E-state index in [0.29, 0.717) is 6.54 Å². The second kappa shape index (κ2) is 6.02. The number of rotatable bonds is 4. The Labute approximate surface area is 112 Å². The highest BCUT2D eigenvalue weighted by molar-refractivity contribution is 5.75. The molecule has 1 aliphatic heterocycles. The van der Waals surface area contributed by atoms with Crippen molar-refractivity contribution in [2.45, 2.75) is 39.3 Å². The molecule has 0 aromatic carbocycles. The summed E-state index contributed by atoms with van der Waals surface area (Å²) >= 11 is 0. The summed E-state index contributed by atoms with van der Waals surface area (Å²) in [5.41, 5.74) is 1.58. The van der Waals surface area contributed by atoms with Crippen LogP contribution in [0.2, 0.25) is 0 Å². The first-order valence-electron chi connectivity index (χ1n) is 6.62. The first-order valence-corrected chi connectivity index (χ1v) is 6.62. The summed E-state index contributed by atoms with van der Waals surface area (Å²) in [7, 11) is 0. The highest BCUT2D eigenvalue weighted by Gasteiger charge is 2.16. The van der Waals surface area contributed by atoms with Gasteiger partial charge in [0.25, 0.3) is 0 Å². The van der Waals surface area contributed by atoms with Gasteiger partial charge in [0.2, 0.25) is 5.91 Å². The van der Waals surface area contributed by atoms with E-state index in [1.165, 1.54) is 0 Å². The molecule has 2 heterocycles. The molecule has 0 spiro atoms. The number of pyridine rings is 1. The van der Waals surface area contributed by atoms with Gasteiger partial charge in [-0.25, -0.2) is 0 Å². The zero-order chi connectivity index (χ0) is 13.8. The third kappa shape index (κ3) is 3.67. The van der Waals surface area contributed by atoms with Crippen LogP contribution in [-0.2, 0) is 16.1 Å². The molecule has 1 aromatic heterocycles. The smallest absolute Gasteiger partial charge is 0.240 e. The lowest BCUT2D eigenvalue weighted by Crippen LogP contribution is -2.35. The maximum Gasteiger partial charge on any atom is 0.240 e. The predicted molar refractivity (Wildman–Crippen MR) is 72.2 cm³/mol. The van der Waals surface area contributed by atoms with Gasteiger partial charge in [-0.1, -0.05) is 0 Å². The van der Waals surface area contributed by atoms with Gasteiger partial charge in [0.05, 0.1) is 6.10 Å². The van der Waals surface area contributed by atoms with Crippen molar-refractivity contribution in [1.29, 1.82) is 0 Å². The van der Waals surface area contributed by atoms with E-state index in [0.717, 1.165) is 30.8 Å². The molecular weight excluding hydrogens is 244 g/mol. The summed E-state index contributed by atoms with van der Waals surface area (Å²) in [6, 6.07) is 3.08. The quantitative estimate of drug-likeness (QED) is 0.873. The molecule has 2 rings (SSSR count). The summed E-state index contributed by atoms with van der Waals surface area (Å²) in [6.45, 7) is 5.27. The second-order valence-corrected chi connectivity index (χ2v) is 5.00. The van der Waals surface area contributed by atoms with E-state index < -0.39 is 0 Å². The van der Waals surface area contributed by atoms with Gasteiger partial charge in [-0.15, -0.1) is 0 Å². The van der Waals surface area contributed by atoms with Crippen LogP contribution >= 0.6 is 0 Å². The minimum atomic E-state index is -0.0506. The average molecular weight is 264 g/mol. The molecule has 0 aliphatic carbocycles. The zero-order valence-corrected chi connectivity index (χ0v) is 11.4. The lowest BCUT2D eigenvalue weighted by atomic mass is 10.2. The average Bonchev–Trinajstić information content (AvgIpc) is 2.84. The van der Waals surface area contributed by atoms with Crippen LogP contribution in [0.1, 0.15) is 24.2 Å². The number of carbonyl (C=O) groups excluding carboxylic acids is 1. The number of carbonyl (C=O) groups is 1. The summed E-state index contributed by atoms with van der Waals surface area (Å²) < 4.78 is 7.29. The van der Waals surface area contributed by atoms with Gasteiger partial charge in [-0.2, -0.15) is 0 Å². The van der Waals surface area contributed by atoms with Crippen molar-refractivity contribution >= 4 is 5.91 Å². The number of hydrogen-bond donors (Lipinski definition) is 1. The van der Waals surface area contributed by atoms with Crippen LogP contribution in [0.15, 0.2) is 16.9 Å². The van der Waals surface area contributed by atoms with E-state index in [1.54, 1.807) is 12.1 Å². The van der Waals surface area contributed by atoms with Crippen LogP contribution in [0, 0.1) is 13.8 Å². The SMILES string of the molecule is Cc1cc(=O)cc(C)n1CC(=O)NCC1CCCO1. The number of nitrogens with zero attached hydrogens (tertiary/aromatic N) is 1. The number of aryl methyl sites for hydroxylation is 2. The van der Waals surface area contributed by atoms with Crippen LogP contribution in [0.25, 0.3) is 0 Å². The Morgan fingerprint density at radius 2 is 2.11 bits per heavy atom. The molecule has 104 valence electrons. The fourth-order valence-corrected chi connectivity index (χ4v) is 2.37. The van der Waals surface area contributed by atoms with Crippen LogP contribution in [0.3, 0.4) is 0 Å². The molecule has 1 aromatic rings. The van der Waals surface area contributed by atoms with Gasteiger partial charge in [-0.05, 0) is 26.7 Å². The van der Waals surface area contributed by atoms with Crippen LogP contribution in [0.5, 0.6) is 0 Å². The molecule has 1 amide bonds. The fraction of sp³-hybridized carbons (Fsp3) is 0.571. The molecule has 1 aliphatic rings. The van der Waals surface area contributed by atoms with Crippen molar-refractivity contribution in [2.75, 3.05) is 13.2 Å². The van der Waals surface area contributed by atoms with Gasteiger partial charge >= 0.3 is 0 Å². The first kappa shape index (κ1) is 13.8. The largest absolute Gasteiger partial charge is 0.376 e. The van der Waals surface area contributed by atoms with Crippen molar-refractivity contribution in [1.82, 2.24) is 9.88 Å². The molecule has 5 nitrogen and oxygen atoms in total. The Bertz CT molecular complexity index is 490. The molecule has 1 atom stereocenters. The molecule has 1 fully saturated rings. The van der Waals surface area contributed by atoms with Crippen LogP contribution in [0.4, 0.5) is 0 Å². The van der Waals surface area contributed by atoms with E-state index in [4.69, 9.17) is 4.74 Å². The minimum Gasteiger partial charge on any atom is -0.376 e. The molecule has 19 heavy (non-hydrogen) atoms. The molecule has 1 unspecified atom stereocenters. The zero-order valence-electron chi connectivity index (χ0n) is 11.4. The molecule has 0 radical (unpaired) electrons. The highest BCUT2D eigenvalue weighted by Crippen LogP contribution is 2.10. The maximum absolute atomic E-state index is 11.9. The third-order valence-electron chi connectivity index (χ3n) is 3.41. The molecule has 0 bridgehead atoms. The van der Waals surface area contributed by atoms with Gasteiger partial charge in [0.15, 0.2) is 5.43 Å².